The van der Waals surface area contributed by atoms with Crippen molar-refractivity contribution in [2.75, 3.05) is 39.5 Å². The molecular formula is C22H43IN4O4. The molecule has 0 aromatic heterocycles. The number of ether oxygens (including phenoxy) is 3. The van der Waals surface area contributed by atoms with Crippen molar-refractivity contribution in [3.05, 3.63) is 0 Å². The van der Waals surface area contributed by atoms with Gasteiger partial charge >= 0.3 is 6.09 Å². The number of alkyl carbamates (subject to hydrolysis) is 1. The predicted octanol–water partition coefficient (Wildman–Crippen LogP) is 3.44. The standard InChI is InChI=1S/C22H42N4O4.HI/c1-5-23-20(24-12-6-13-28-15-17-11-14-29-16-17)25-18-7-9-19(10-8-18)26-21(27)30-22(2,3)4;/h17-19H,5-16H2,1-4H3,(H,26,27)(H2,23,24,25);1H. The summed E-state index contributed by atoms with van der Waals surface area (Å²) in [6.07, 6.45) is 5.58. The summed E-state index contributed by atoms with van der Waals surface area (Å²) in [5.74, 6) is 1.43. The highest BCUT2D eigenvalue weighted by Gasteiger charge is 2.25. The fourth-order valence-electron chi connectivity index (χ4n) is 3.69. The van der Waals surface area contributed by atoms with Crippen LogP contribution in [0, 0.1) is 5.92 Å². The lowest BCUT2D eigenvalue weighted by Crippen LogP contribution is -2.48. The van der Waals surface area contributed by atoms with Crippen LogP contribution in [-0.4, -0.2) is 69.3 Å². The van der Waals surface area contributed by atoms with E-state index in [1.54, 1.807) is 0 Å². The second-order valence-electron chi connectivity index (χ2n) is 9.26. The molecular weight excluding hydrogens is 511 g/mol. The molecule has 2 aliphatic rings. The van der Waals surface area contributed by atoms with Crippen LogP contribution in [0.3, 0.4) is 0 Å². The minimum absolute atomic E-state index is 0. The Balaban J connectivity index is 0.00000480. The quantitative estimate of drug-likeness (QED) is 0.175. The Morgan fingerprint density at radius 1 is 1.10 bits per heavy atom. The summed E-state index contributed by atoms with van der Waals surface area (Å²) in [5.41, 5.74) is -0.462. The molecule has 1 amide bonds. The van der Waals surface area contributed by atoms with Gasteiger partial charge in [-0.15, -0.1) is 24.0 Å². The zero-order valence-electron chi connectivity index (χ0n) is 19.7. The first-order valence-corrected chi connectivity index (χ1v) is 11.6. The van der Waals surface area contributed by atoms with E-state index in [0.29, 0.717) is 12.0 Å². The molecule has 31 heavy (non-hydrogen) atoms. The van der Waals surface area contributed by atoms with Crippen molar-refractivity contribution in [2.24, 2.45) is 10.9 Å². The Bertz CT molecular complexity index is 528. The number of halogens is 1. The lowest BCUT2D eigenvalue weighted by Gasteiger charge is -2.31. The molecule has 1 saturated heterocycles. The first-order valence-electron chi connectivity index (χ1n) is 11.6. The second-order valence-corrected chi connectivity index (χ2v) is 9.26. The van der Waals surface area contributed by atoms with Gasteiger partial charge in [0.05, 0.1) is 13.2 Å². The second kappa shape index (κ2) is 15.1. The molecule has 1 atom stereocenters. The van der Waals surface area contributed by atoms with E-state index in [1.165, 1.54) is 0 Å². The topological polar surface area (TPSA) is 93.2 Å². The monoisotopic (exact) mass is 554 g/mol. The fourth-order valence-corrected chi connectivity index (χ4v) is 3.69. The highest BCUT2D eigenvalue weighted by atomic mass is 127. The molecule has 1 aliphatic carbocycles. The van der Waals surface area contributed by atoms with E-state index >= 15 is 0 Å². The summed E-state index contributed by atoms with van der Waals surface area (Å²) in [4.78, 5) is 16.6. The van der Waals surface area contributed by atoms with Gasteiger partial charge < -0.3 is 30.2 Å². The van der Waals surface area contributed by atoms with Crippen molar-refractivity contribution in [1.82, 2.24) is 16.0 Å². The van der Waals surface area contributed by atoms with Crippen molar-refractivity contribution in [2.45, 2.75) is 83.9 Å². The molecule has 8 nitrogen and oxygen atoms in total. The average molecular weight is 555 g/mol. The molecule has 2 fully saturated rings. The Morgan fingerprint density at radius 3 is 2.35 bits per heavy atom. The number of hydrogen-bond acceptors (Lipinski definition) is 5. The number of carbonyl (C=O) groups is 1. The maximum Gasteiger partial charge on any atom is 0.407 e. The third-order valence-corrected chi connectivity index (χ3v) is 5.23. The van der Waals surface area contributed by atoms with E-state index in [4.69, 9.17) is 14.2 Å². The van der Waals surface area contributed by atoms with Gasteiger partial charge in [-0.3, -0.25) is 4.99 Å². The van der Waals surface area contributed by atoms with Crippen molar-refractivity contribution < 1.29 is 19.0 Å². The summed E-state index contributed by atoms with van der Waals surface area (Å²) in [7, 11) is 0. The summed E-state index contributed by atoms with van der Waals surface area (Å²) in [5, 5.41) is 9.86. The SMILES string of the molecule is CCNC(=NCCCOCC1CCOC1)NC1CCC(NC(=O)OC(C)(C)C)CC1.I. The highest BCUT2D eigenvalue weighted by Crippen LogP contribution is 2.19. The van der Waals surface area contributed by atoms with E-state index in [9.17, 15) is 4.79 Å². The Kier molecular flexibility index (Phi) is 13.8. The zero-order valence-corrected chi connectivity index (χ0v) is 22.0. The van der Waals surface area contributed by atoms with Gasteiger partial charge in [0.2, 0.25) is 0 Å². The van der Waals surface area contributed by atoms with E-state index in [2.05, 4.69) is 27.9 Å². The molecule has 0 aromatic carbocycles. The molecule has 1 saturated carbocycles. The van der Waals surface area contributed by atoms with Gasteiger partial charge in [0.1, 0.15) is 5.60 Å². The van der Waals surface area contributed by atoms with Crippen molar-refractivity contribution in [3.8, 4) is 0 Å². The van der Waals surface area contributed by atoms with Crippen LogP contribution in [0.25, 0.3) is 0 Å². The molecule has 3 N–H and O–H groups in total. The van der Waals surface area contributed by atoms with Crippen LogP contribution < -0.4 is 16.0 Å². The maximum absolute atomic E-state index is 11.9. The number of nitrogens with zero attached hydrogens (tertiary/aromatic N) is 1. The maximum atomic E-state index is 11.9. The van der Waals surface area contributed by atoms with Crippen LogP contribution in [0.15, 0.2) is 4.99 Å². The first kappa shape index (κ1) is 28.2. The minimum atomic E-state index is -0.462. The normalized spacial score (nSPS) is 24.3. The molecule has 0 radical (unpaired) electrons. The van der Waals surface area contributed by atoms with E-state index in [0.717, 1.165) is 84.0 Å². The van der Waals surface area contributed by atoms with Gasteiger partial charge in [0.25, 0.3) is 0 Å². The van der Waals surface area contributed by atoms with E-state index in [-0.39, 0.29) is 36.1 Å². The fraction of sp³-hybridized carbons (Fsp3) is 0.909. The van der Waals surface area contributed by atoms with Gasteiger partial charge in [-0.25, -0.2) is 4.79 Å². The van der Waals surface area contributed by atoms with Crippen LogP contribution in [-0.2, 0) is 14.2 Å². The number of guanidine groups is 1. The zero-order chi connectivity index (χ0) is 21.8. The Morgan fingerprint density at radius 2 is 1.77 bits per heavy atom. The highest BCUT2D eigenvalue weighted by molar-refractivity contribution is 14.0. The van der Waals surface area contributed by atoms with Gasteiger partial charge in [0, 0.05) is 44.3 Å². The number of hydrogen-bond donors (Lipinski definition) is 3. The van der Waals surface area contributed by atoms with Gasteiger partial charge in [-0.2, -0.15) is 0 Å². The molecule has 0 aromatic rings. The molecule has 1 aliphatic heterocycles. The van der Waals surface area contributed by atoms with Crippen LogP contribution in [0.5, 0.6) is 0 Å². The number of aliphatic imine (C=N–C) groups is 1. The van der Waals surface area contributed by atoms with Crippen LogP contribution in [0.4, 0.5) is 4.79 Å². The molecule has 1 unspecified atom stereocenters. The first-order chi connectivity index (χ1) is 14.4. The van der Waals surface area contributed by atoms with Gasteiger partial charge in [0.15, 0.2) is 5.96 Å². The third-order valence-electron chi connectivity index (χ3n) is 5.23. The van der Waals surface area contributed by atoms with E-state index in [1.807, 2.05) is 20.8 Å². The average Bonchev–Trinajstić information content (AvgIpc) is 3.18. The molecule has 2 rings (SSSR count). The van der Waals surface area contributed by atoms with Crippen LogP contribution in [0.1, 0.15) is 66.2 Å². The minimum Gasteiger partial charge on any atom is -0.444 e. The van der Waals surface area contributed by atoms with E-state index < -0.39 is 5.60 Å². The number of rotatable bonds is 9. The Labute approximate surface area is 205 Å². The summed E-state index contributed by atoms with van der Waals surface area (Å²) < 4.78 is 16.5. The van der Waals surface area contributed by atoms with Crippen molar-refractivity contribution in [3.63, 3.8) is 0 Å². The van der Waals surface area contributed by atoms with Crippen LogP contribution >= 0.6 is 24.0 Å². The van der Waals surface area contributed by atoms with Crippen molar-refractivity contribution >= 4 is 36.0 Å². The molecule has 1 heterocycles. The summed E-state index contributed by atoms with van der Waals surface area (Å²) in [6, 6.07) is 0.554. The molecule has 0 spiro atoms. The number of amides is 1. The number of carbonyl (C=O) groups excluding carboxylic acids is 1. The largest absolute Gasteiger partial charge is 0.444 e. The molecule has 182 valence electrons. The molecule has 9 heteroatoms. The predicted molar refractivity (Wildman–Crippen MR) is 134 cm³/mol. The Hall–Kier alpha value is -0.810. The lowest BCUT2D eigenvalue weighted by molar-refractivity contribution is 0.0490. The van der Waals surface area contributed by atoms with Gasteiger partial charge in [-0.1, -0.05) is 0 Å². The summed E-state index contributed by atoms with van der Waals surface area (Å²) in [6.45, 7) is 12.5. The number of nitrogens with one attached hydrogen (secondary N) is 3. The third kappa shape index (κ3) is 12.7. The summed E-state index contributed by atoms with van der Waals surface area (Å²) >= 11 is 0. The molecule has 0 bridgehead atoms. The van der Waals surface area contributed by atoms with Crippen molar-refractivity contribution in [1.29, 1.82) is 0 Å². The smallest absolute Gasteiger partial charge is 0.407 e. The lowest BCUT2D eigenvalue weighted by atomic mass is 9.91. The van der Waals surface area contributed by atoms with Gasteiger partial charge in [-0.05, 0) is 66.2 Å². The van der Waals surface area contributed by atoms with Crippen LogP contribution in [0.2, 0.25) is 0 Å².